The number of hydrogen-bond donors (Lipinski definition) is 3. The molecule has 6 nitrogen and oxygen atoms in total. The lowest BCUT2D eigenvalue weighted by molar-refractivity contribution is 0.0708. The van der Waals surface area contributed by atoms with E-state index < -0.39 is 5.91 Å². The van der Waals surface area contributed by atoms with Crippen LogP contribution in [0.4, 0.5) is 0 Å². The number of amides is 1. The Morgan fingerprint density at radius 1 is 1.17 bits per heavy atom. The van der Waals surface area contributed by atoms with Crippen LogP contribution in [0.3, 0.4) is 0 Å². The molecule has 1 aromatic carbocycles. The van der Waals surface area contributed by atoms with Gasteiger partial charge in [-0.25, -0.2) is 10.5 Å². The van der Waals surface area contributed by atoms with Gasteiger partial charge in [-0.05, 0) is 30.2 Å². The third-order valence-corrected chi connectivity index (χ3v) is 3.34. The molecule has 0 aliphatic rings. The highest BCUT2D eigenvalue weighted by Crippen LogP contribution is 2.24. The Morgan fingerprint density at radius 3 is 2.65 bits per heavy atom. The van der Waals surface area contributed by atoms with E-state index in [4.69, 9.17) is 10.3 Å². The maximum Gasteiger partial charge on any atom is 0.275 e. The molecule has 0 aliphatic heterocycles. The molecule has 0 radical (unpaired) electrons. The van der Waals surface area contributed by atoms with Crippen molar-refractivity contribution >= 4 is 16.8 Å². The predicted molar refractivity (Wildman–Crippen MR) is 83.0 cm³/mol. The molecule has 23 heavy (non-hydrogen) atoms. The van der Waals surface area contributed by atoms with Crippen LogP contribution in [0.15, 0.2) is 48.8 Å². The maximum atomic E-state index is 11.9. The molecule has 0 saturated heterocycles. The highest BCUT2D eigenvalue weighted by atomic mass is 16.5. The van der Waals surface area contributed by atoms with Crippen LogP contribution in [-0.4, -0.2) is 26.2 Å². The number of hydrogen-bond acceptors (Lipinski definition) is 5. The first-order valence-corrected chi connectivity index (χ1v) is 6.67. The summed E-state index contributed by atoms with van der Waals surface area (Å²) in [5, 5.41) is 18.1. The molecule has 3 N–H and O–H groups in total. The van der Waals surface area contributed by atoms with Gasteiger partial charge in [0.05, 0.1) is 16.8 Å². The average molecular weight is 305 g/mol. The summed E-state index contributed by atoms with van der Waals surface area (Å²) in [4.78, 5) is 20.4. The van der Waals surface area contributed by atoms with Gasteiger partial charge in [-0.1, -0.05) is 12.1 Å². The van der Waals surface area contributed by atoms with E-state index in [-0.39, 0.29) is 5.56 Å². The molecule has 0 spiro atoms. The standard InChI is InChI=1S/C17H11N3O3/c21-8-6-11-1-3-12(4-2-11)16-9-13(17(22)20-23)14-10-18-7-5-15(14)19-16/h1-5,7,9-10,21,23H,(H,20,22). The van der Waals surface area contributed by atoms with Crippen molar-refractivity contribution in [2.45, 2.75) is 0 Å². The summed E-state index contributed by atoms with van der Waals surface area (Å²) in [5.74, 6) is 1.90. The molecule has 0 aliphatic carbocycles. The molecule has 2 heterocycles. The predicted octanol–water partition coefficient (Wildman–Crippen LogP) is 2.10. The van der Waals surface area contributed by atoms with Crippen molar-refractivity contribution in [2.75, 3.05) is 0 Å². The summed E-state index contributed by atoms with van der Waals surface area (Å²) in [6.07, 6.45) is 4.95. The largest absolute Gasteiger partial charge is 0.462 e. The summed E-state index contributed by atoms with van der Waals surface area (Å²) in [6, 6.07) is 10.3. The Kier molecular flexibility index (Phi) is 3.87. The van der Waals surface area contributed by atoms with Crippen LogP contribution in [0.2, 0.25) is 0 Å². The monoisotopic (exact) mass is 305 g/mol. The van der Waals surface area contributed by atoms with Gasteiger partial charge in [-0.3, -0.25) is 15.0 Å². The van der Waals surface area contributed by atoms with E-state index in [0.717, 1.165) is 5.56 Å². The number of carbonyl (C=O) groups excluding carboxylic acids is 1. The molecule has 0 bridgehead atoms. The van der Waals surface area contributed by atoms with Crippen molar-refractivity contribution in [1.29, 1.82) is 0 Å². The highest BCUT2D eigenvalue weighted by Gasteiger charge is 2.13. The van der Waals surface area contributed by atoms with Gasteiger partial charge in [0.1, 0.15) is 6.11 Å². The lowest BCUT2D eigenvalue weighted by atomic mass is 10.0. The Hall–Kier alpha value is -3.43. The van der Waals surface area contributed by atoms with E-state index >= 15 is 0 Å². The van der Waals surface area contributed by atoms with Crippen LogP contribution >= 0.6 is 0 Å². The van der Waals surface area contributed by atoms with Crippen molar-refractivity contribution in [1.82, 2.24) is 15.4 Å². The number of aliphatic hydroxyl groups excluding tert-OH is 1. The summed E-state index contributed by atoms with van der Waals surface area (Å²) in [5.41, 5.74) is 4.52. The fraction of sp³-hybridized carbons (Fsp3) is 0. The molecule has 3 rings (SSSR count). The Balaban J connectivity index is 2.17. The van der Waals surface area contributed by atoms with Gasteiger partial charge in [0.25, 0.3) is 5.91 Å². The molecule has 0 unspecified atom stereocenters. The summed E-state index contributed by atoms with van der Waals surface area (Å²) in [6.45, 7) is 0. The minimum Gasteiger partial charge on any atom is -0.462 e. The minimum absolute atomic E-state index is 0.278. The zero-order chi connectivity index (χ0) is 16.2. The van der Waals surface area contributed by atoms with Crippen LogP contribution in [0.5, 0.6) is 0 Å². The number of carbonyl (C=O) groups is 1. The van der Waals surface area contributed by atoms with Crippen molar-refractivity contribution in [3.8, 4) is 23.3 Å². The number of aromatic nitrogens is 2. The lowest BCUT2D eigenvalue weighted by Crippen LogP contribution is -2.19. The molecule has 6 heteroatoms. The summed E-state index contributed by atoms with van der Waals surface area (Å²) in [7, 11) is 0. The minimum atomic E-state index is -0.630. The number of rotatable bonds is 2. The van der Waals surface area contributed by atoms with E-state index in [1.165, 1.54) is 6.20 Å². The molecule has 1 amide bonds. The van der Waals surface area contributed by atoms with E-state index in [2.05, 4.69) is 15.9 Å². The van der Waals surface area contributed by atoms with Gasteiger partial charge >= 0.3 is 0 Å². The van der Waals surface area contributed by atoms with Gasteiger partial charge in [0.2, 0.25) is 0 Å². The van der Waals surface area contributed by atoms with Crippen molar-refractivity contribution < 1.29 is 15.1 Å². The number of aliphatic hydroxyl groups is 1. The van der Waals surface area contributed by atoms with Crippen molar-refractivity contribution in [3.05, 3.63) is 59.9 Å². The number of nitrogens with one attached hydrogen (secondary N) is 1. The number of benzene rings is 1. The summed E-state index contributed by atoms with van der Waals surface area (Å²) >= 11 is 0. The van der Waals surface area contributed by atoms with Crippen molar-refractivity contribution in [3.63, 3.8) is 0 Å². The smallest absolute Gasteiger partial charge is 0.275 e. The molecular weight excluding hydrogens is 294 g/mol. The van der Waals surface area contributed by atoms with Crippen LogP contribution in [0.25, 0.3) is 22.2 Å². The second-order valence-electron chi connectivity index (χ2n) is 4.70. The maximum absolute atomic E-state index is 11.9. The van der Waals surface area contributed by atoms with Gasteiger partial charge < -0.3 is 5.11 Å². The van der Waals surface area contributed by atoms with Crippen LogP contribution in [0, 0.1) is 12.0 Å². The average Bonchev–Trinajstić information content (AvgIpc) is 2.61. The Bertz CT molecular complexity index is 941. The van der Waals surface area contributed by atoms with E-state index in [0.29, 0.717) is 22.2 Å². The molecule has 112 valence electrons. The normalized spacial score (nSPS) is 9.96. The zero-order valence-electron chi connectivity index (χ0n) is 11.8. The SMILES string of the molecule is O=C(NO)c1cc(-c2ccc(C#CO)cc2)nc2ccncc12. The quantitative estimate of drug-likeness (QED) is 0.383. The molecular formula is C17H11N3O3. The Labute approximate surface area is 131 Å². The zero-order valence-corrected chi connectivity index (χ0v) is 11.8. The second-order valence-corrected chi connectivity index (χ2v) is 4.70. The highest BCUT2D eigenvalue weighted by molar-refractivity contribution is 6.06. The fourth-order valence-corrected chi connectivity index (χ4v) is 2.25. The van der Waals surface area contributed by atoms with E-state index in [1.54, 1.807) is 48.1 Å². The molecule has 0 fully saturated rings. The number of pyridine rings is 2. The molecule has 2 aromatic heterocycles. The van der Waals surface area contributed by atoms with Crippen LogP contribution in [0.1, 0.15) is 15.9 Å². The first-order chi connectivity index (χ1) is 11.2. The number of fused-ring (bicyclic) bond motifs is 1. The van der Waals surface area contributed by atoms with Crippen LogP contribution in [-0.2, 0) is 0 Å². The molecule has 3 aromatic rings. The van der Waals surface area contributed by atoms with Gasteiger partial charge in [0, 0.05) is 28.9 Å². The van der Waals surface area contributed by atoms with E-state index in [1.807, 2.05) is 6.11 Å². The third kappa shape index (κ3) is 2.81. The second kappa shape index (κ2) is 6.13. The molecule has 0 atom stereocenters. The lowest BCUT2D eigenvalue weighted by Gasteiger charge is -2.08. The first-order valence-electron chi connectivity index (χ1n) is 6.67. The molecule has 0 saturated carbocycles. The van der Waals surface area contributed by atoms with Gasteiger partial charge in [-0.2, -0.15) is 0 Å². The van der Waals surface area contributed by atoms with Crippen molar-refractivity contribution in [2.24, 2.45) is 0 Å². The number of hydroxylamine groups is 1. The Morgan fingerprint density at radius 2 is 1.96 bits per heavy atom. The third-order valence-electron chi connectivity index (χ3n) is 3.34. The topological polar surface area (TPSA) is 95.3 Å². The number of nitrogens with zero attached hydrogens (tertiary/aromatic N) is 2. The van der Waals surface area contributed by atoms with Crippen LogP contribution < -0.4 is 5.48 Å². The fourth-order valence-electron chi connectivity index (χ4n) is 2.25. The summed E-state index contributed by atoms with van der Waals surface area (Å²) < 4.78 is 0. The van der Waals surface area contributed by atoms with E-state index in [9.17, 15) is 4.79 Å². The first kappa shape index (κ1) is 14.5. The van der Waals surface area contributed by atoms with Gasteiger partial charge in [0.15, 0.2) is 0 Å². The van der Waals surface area contributed by atoms with Gasteiger partial charge in [-0.15, -0.1) is 0 Å².